The second-order valence-electron chi connectivity index (χ2n) is 6.76. The van der Waals surface area contributed by atoms with Crippen LogP contribution in [0.3, 0.4) is 0 Å². The predicted molar refractivity (Wildman–Crippen MR) is 117 cm³/mol. The molecular weight excluding hydrogens is 360 g/mol. The van der Waals surface area contributed by atoms with Crippen LogP contribution in [-0.2, 0) is 0 Å². The molecule has 0 aliphatic heterocycles. The molecule has 2 heterocycles. The fourth-order valence-corrected chi connectivity index (χ4v) is 3.30. The average Bonchev–Trinajstić information content (AvgIpc) is 3.16. The van der Waals surface area contributed by atoms with Crippen molar-refractivity contribution >= 4 is 33.7 Å². The minimum absolute atomic E-state index is 0.351. The first-order valence-electron chi connectivity index (χ1n) is 9.35. The van der Waals surface area contributed by atoms with Crippen LogP contribution >= 0.6 is 0 Å². The number of aromatic amines is 1. The molecule has 0 unspecified atom stereocenters. The lowest BCUT2D eigenvalue weighted by molar-refractivity contribution is 1.01. The fraction of sp³-hybridized carbons (Fsp3) is 0.0435. The van der Waals surface area contributed by atoms with Crippen LogP contribution in [0.2, 0.25) is 0 Å². The quantitative estimate of drug-likeness (QED) is 0.340. The van der Waals surface area contributed by atoms with E-state index in [0.717, 1.165) is 27.7 Å². The summed E-state index contributed by atoms with van der Waals surface area (Å²) in [5, 5.41) is 13.9. The number of nitrogens with zero attached hydrogens (tertiary/aromatic N) is 4. The normalized spacial score (nSPS) is 11.8. The Balaban J connectivity index is 1.37. The van der Waals surface area contributed by atoms with Gasteiger partial charge in [0.2, 0.25) is 0 Å². The van der Waals surface area contributed by atoms with Crippen molar-refractivity contribution in [1.29, 1.82) is 0 Å². The molecule has 2 N–H and O–H groups in total. The summed E-state index contributed by atoms with van der Waals surface area (Å²) in [5.74, 6) is 0.351. The molecule has 0 bridgehead atoms. The van der Waals surface area contributed by atoms with Gasteiger partial charge in [-0.05, 0) is 29.7 Å². The fourth-order valence-electron chi connectivity index (χ4n) is 3.30. The molecule has 0 amide bonds. The molecule has 6 heteroatoms. The standard InChI is InChI=1S/C23H18N6/c1-15(16-11-13-18(14-12-16)17-7-3-2-4-8-17)26-28-23-25-22-21(27-29-23)19-9-5-6-10-20(19)24-22/h2-14H,1H3,(H2,24,25,28,29)/b26-15+. The van der Waals surface area contributed by atoms with Gasteiger partial charge in [-0.3, -0.25) is 0 Å². The Morgan fingerprint density at radius 2 is 1.55 bits per heavy atom. The number of hydrazone groups is 1. The molecule has 5 rings (SSSR count). The van der Waals surface area contributed by atoms with Crippen LogP contribution in [0.4, 0.5) is 5.95 Å². The molecule has 140 valence electrons. The SMILES string of the molecule is C/C(=N\Nc1nnc2c(n1)[nH]c1ccccc12)c1ccc(-c2ccccc2)cc1. The monoisotopic (exact) mass is 378 g/mol. The maximum Gasteiger partial charge on any atom is 0.265 e. The Bertz CT molecular complexity index is 1320. The molecule has 6 nitrogen and oxygen atoms in total. The van der Waals surface area contributed by atoms with Crippen LogP contribution in [0, 0.1) is 0 Å². The predicted octanol–water partition coefficient (Wildman–Crippen LogP) is 5.01. The molecule has 0 atom stereocenters. The van der Waals surface area contributed by atoms with Gasteiger partial charge in [-0.15, -0.1) is 10.2 Å². The van der Waals surface area contributed by atoms with Crippen molar-refractivity contribution in [2.45, 2.75) is 6.92 Å². The van der Waals surface area contributed by atoms with Crippen LogP contribution in [0.1, 0.15) is 12.5 Å². The van der Waals surface area contributed by atoms with Gasteiger partial charge in [0.15, 0.2) is 5.65 Å². The zero-order chi connectivity index (χ0) is 19.6. The highest BCUT2D eigenvalue weighted by molar-refractivity contribution is 6.03. The van der Waals surface area contributed by atoms with E-state index < -0.39 is 0 Å². The number of aromatic nitrogens is 4. The number of anilines is 1. The lowest BCUT2D eigenvalue weighted by Crippen LogP contribution is -2.03. The highest BCUT2D eigenvalue weighted by atomic mass is 15.4. The van der Waals surface area contributed by atoms with Crippen LogP contribution in [0.25, 0.3) is 33.2 Å². The summed E-state index contributed by atoms with van der Waals surface area (Å²) in [6, 6.07) is 26.5. The molecule has 0 aliphatic carbocycles. The van der Waals surface area contributed by atoms with Crippen LogP contribution < -0.4 is 5.43 Å². The third-order valence-corrected chi connectivity index (χ3v) is 4.86. The molecule has 0 aliphatic rings. The molecule has 0 radical (unpaired) electrons. The lowest BCUT2D eigenvalue weighted by atomic mass is 10.0. The number of H-pyrrole nitrogens is 1. The zero-order valence-corrected chi connectivity index (χ0v) is 15.8. The summed E-state index contributed by atoms with van der Waals surface area (Å²) >= 11 is 0. The highest BCUT2D eigenvalue weighted by Crippen LogP contribution is 2.22. The first-order valence-corrected chi connectivity index (χ1v) is 9.35. The van der Waals surface area contributed by atoms with E-state index in [0.29, 0.717) is 11.6 Å². The number of rotatable bonds is 4. The molecule has 2 aromatic heterocycles. The molecule has 0 saturated carbocycles. The maximum absolute atomic E-state index is 4.48. The van der Waals surface area contributed by atoms with Gasteiger partial charge in [0, 0.05) is 10.9 Å². The minimum atomic E-state index is 0.351. The van der Waals surface area contributed by atoms with Crippen LogP contribution in [0.5, 0.6) is 0 Å². The molecule has 0 fully saturated rings. The average molecular weight is 378 g/mol. The van der Waals surface area contributed by atoms with Crippen LogP contribution in [-0.4, -0.2) is 25.9 Å². The van der Waals surface area contributed by atoms with E-state index in [2.05, 4.69) is 67.1 Å². The van der Waals surface area contributed by atoms with E-state index in [1.807, 2.05) is 49.4 Å². The number of hydrogen-bond acceptors (Lipinski definition) is 5. The van der Waals surface area contributed by atoms with Crippen molar-refractivity contribution in [3.63, 3.8) is 0 Å². The smallest absolute Gasteiger partial charge is 0.265 e. The number of nitrogens with one attached hydrogen (secondary N) is 2. The molecule has 3 aromatic carbocycles. The van der Waals surface area contributed by atoms with Gasteiger partial charge < -0.3 is 4.98 Å². The summed E-state index contributed by atoms with van der Waals surface area (Å²) in [7, 11) is 0. The molecular formula is C23H18N6. The minimum Gasteiger partial charge on any atom is -0.338 e. The molecule has 5 aromatic rings. The summed E-state index contributed by atoms with van der Waals surface area (Å²) in [6.07, 6.45) is 0. The maximum atomic E-state index is 4.48. The number of fused-ring (bicyclic) bond motifs is 3. The van der Waals surface area contributed by atoms with Crippen molar-refractivity contribution < 1.29 is 0 Å². The Morgan fingerprint density at radius 1 is 0.828 bits per heavy atom. The van der Waals surface area contributed by atoms with E-state index in [-0.39, 0.29) is 0 Å². The zero-order valence-electron chi connectivity index (χ0n) is 15.8. The van der Waals surface area contributed by atoms with Gasteiger partial charge in [-0.2, -0.15) is 10.1 Å². The third-order valence-electron chi connectivity index (χ3n) is 4.86. The van der Waals surface area contributed by atoms with Crippen molar-refractivity contribution in [2.24, 2.45) is 5.10 Å². The van der Waals surface area contributed by atoms with E-state index in [4.69, 9.17) is 0 Å². The van der Waals surface area contributed by atoms with Crippen molar-refractivity contribution in [3.05, 3.63) is 84.4 Å². The van der Waals surface area contributed by atoms with Gasteiger partial charge in [0.25, 0.3) is 5.95 Å². The summed E-state index contributed by atoms with van der Waals surface area (Å²) in [5.41, 5.74) is 9.56. The van der Waals surface area contributed by atoms with E-state index in [1.165, 1.54) is 11.1 Å². The van der Waals surface area contributed by atoms with E-state index in [1.54, 1.807) is 0 Å². The Kier molecular flexibility index (Phi) is 4.22. The lowest BCUT2D eigenvalue weighted by Gasteiger charge is -2.05. The first-order chi connectivity index (χ1) is 14.3. The van der Waals surface area contributed by atoms with Gasteiger partial charge in [-0.1, -0.05) is 72.8 Å². The molecule has 29 heavy (non-hydrogen) atoms. The largest absolute Gasteiger partial charge is 0.338 e. The van der Waals surface area contributed by atoms with Gasteiger partial charge in [0.1, 0.15) is 5.52 Å². The number of benzene rings is 3. The van der Waals surface area contributed by atoms with Gasteiger partial charge >= 0.3 is 0 Å². The number of hydrogen-bond donors (Lipinski definition) is 2. The Labute approximate surface area is 167 Å². The van der Waals surface area contributed by atoms with Gasteiger partial charge in [-0.25, -0.2) is 5.43 Å². The van der Waals surface area contributed by atoms with Crippen LogP contribution in [0.15, 0.2) is 84.0 Å². The summed E-state index contributed by atoms with van der Waals surface area (Å²) in [6.45, 7) is 1.94. The number of para-hydroxylation sites is 1. The van der Waals surface area contributed by atoms with Gasteiger partial charge in [0.05, 0.1) is 5.71 Å². The topological polar surface area (TPSA) is 78.8 Å². The van der Waals surface area contributed by atoms with Crippen molar-refractivity contribution in [3.8, 4) is 11.1 Å². The second-order valence-corrected chi connectivity index (χ2v) is 6.76. The first kappa shape index (κ1) is 17.1. The summed E-state index contributed by atoms with van der Waals surface area (Å²) < 4.78 is 0. The van der Waals surface area contributed by atoms with Crippen molar-refractivity contribution in [1.82, 2.24) is 20.2 Å². The Hall–Kier alpha value is -4.06. The molecule has 0 spiro atoms. The second kappa shape index (κ2) is 7.16. The van der Waals surface area contributed by atoms with E-state index >= 15 is 0 Å². The third kappa shape index (κ3) is 3.32. The summed E-state index contributed by atoms with van der Waals surface area (Å²) in [4.78, 5) is 7.74. The highest BCUT2D eigenvalue weighted by Gasteiger charge is 2.08. The van der Waals surface area contributed by atoms with Crippen molar-refractivity contribution in [2.75, 3.05) is 5.43 Å². The van der Waals surface area contributed by atoms with E-state index in [9.17, 15) is 0 Å². The Morgan fingerprint density at radius 3 is 2.38 bits per heavy atom. The molecule has 0 saturated heterocycles.